The summed E-state index contributed by atoms with van der Waals surface area (Å²) in [7, 11) is -4.82. The summed E-state index contributed by atoms with van der Waals surface area (Å²) in [4.78, 5) is 42.7. The number of phosphoric acid groups is 1. The number of phosphoric ester groups is 1. The van der Waals surface area contributed by atoms with E-state index >= 15 is 0 Å². The molecule has 0 amide bonds. The molecule has 11 heteroatoms. The van der Waals surface area contributed by atoms with Gasteiger partial charge in [-0.05, 0) is 38.0 Å². The second-order valence-electron chi connectivity index (χ2n) is 13.8. The molecule has 51 heavy (non-hydrogen) atoms. The van der Waals surface area contributed by atoms with Crippen LogP contribution in [0.25, 0.3) is 0 Å². The molecule has 10 nitrogen and oxygen atoms in total. The quantitative estimate of drug-likeness (QED) is 0.0217. The second-order valence-corrected chi connectivity index (χ2v) is 15.0. The highest BCUT2D eigenvalue weighted by atomic mass is 31.2. The Labute approximate surface area is 309 Å². The van der Waals surface area contributed by atoms with Gasteiger partial charge in [-0.3, -0.25) is 14.1 Å². The van der Waals surface area contributed by atoms with Crippen molar-refractivity contribution in [1.82, 2.24) is 0 Å². The summed E-state index contributed by atoms with van der Waals surface area (Å²) in [6.45, 7) is 5.69. The number of hydrogen-bond donors (Lipinski definition) is 4. The van der Waals surface area contributed by atoms with Crippen LogP contribution < -0.4 is 0 Å². The maximum atomic E-state index is 12.4. The molecule has 0 saturated carbocycles. The van der Waals surface area contributed by atoms with Gasteiger partial charge in [-0.15, -0.1) is 0 Å². The first kappa shape index (κ1) is 48.9. The maximum Gasteiger partial charge on any atom is 0.469 e. The summed E-state index contributed by atoms with van der Waals surface area (Å²) in [5, 5.41) is 20.0. The van der Waals surface area contributed by atoms with Crippen molar-refractivity contribution in [3.05, 3.63) is 48.6 Å². The molecule has 0 fully saturated rings. The van der Waals surface area contributed by atoms with E-state index < -0.39 is 44.7 Å². The van der Waals surface area contributed by atoms with Gasteiger partial charge in [0, 0.05) is 12.8 Å². The molecule has 0 spiro atoms. The number of aliphatic hydroxyl groups is 2. The van der Waals surface area contributed by atoms with Crippen LogP contribution in [0.4, 0.5) is 0 Å². The average molecular weight is 743 g/mol. The minimum atomic E-state index is -4.82. The number of ether oxygens (including phenoxy) is 2. The molecule has 0 aliphatic heterocycles. The molecule has 0 radical (unpaired) electrons. The predicted molar refractivity (Wildman–Crippen MR) is 205 cm³/mol. The van der Waals surface area contributed by atoms with Gasteiger partial charge >= 0.3 is 19.8 Å². The van der Waals surface area contributed by atoms with E-state index in [0.29, 0.717) is 25.7 Å². The molecule has 0 unspecified atom stereocenters. The molecule has 0 aromatic heterocycles. The molecule has 296 valence electrons. The number of rotatable bonds is 34. The molecular formula is C40H71O10P. The van der Waals surface area contributed by atoms with Gasteiger partial charge in [-0.25, -0.2) is 4.57 Å². The summed E-state index contributed by atoms with van der Waals surface area (Å²) in [5.41, 5.74) is 0. The SMILES string of the molecule is CCCCC[C@@H](O)/C=C/C=C\C/C=C\C=C\[C@@H](O)CCCC(=O)O[C@H](COC(=O)CCCCCCCCCCCCCC(C)C)COP(=O)(O)O. The molecular weight excluding hydrogens is 671 g/mol. The Morgan fingerprint density at radius 2 is 1.12 bits per heavy atom. The van der Waals surface area contributed by atoms with E-state index in [1.165, 1.54) is 51.4 Å². The summed E-state index contributed by atoms with van der Waals surface area (Å²) < 4.78 is 26.2. The first-order valence-corrected chi connectivity index (χ1v) is 21.0. The van der Waals surface area contributed by atoms with Crippen molar-refractivity contribution < 1.29 is 48.2 Å². The van der Waals surface area contributed by atoms with Gasteiger partial charge in [0.2, 0.25) is 0 Å². The summed E-state index contributed by atoms with van der Waals surface area (Å²) in [5.74, 6) is -0.318. The van der Waals surface area contributed by atoms with Gasteiger partial charge in [0.15, 0.2) is 6.10 Å². The molecule has 0 aromatic rings. The van der Waals surface area contributed by atoms with E-state index in [1.807, 2.05) is 30.4 Å². The zero-order valence-electron chi connectivity index (χ0n) is 31.9. The van der Waals surface area contributed by atoms with Gasteiger partial charge in [0.05, 0.1) is 18.8 Å². The molecule has 0 heterocycles. The van der Waals surface area contributed by atoms with E-state index in [2.05, 4.69) is 25.3 Å². The van der Waals surface area contributed by atoms with Crippen molar-refractivity contribution in [3.63, 3.8) is 0 Å². The van der Waals surface area contributed by atoms with E-state index in [0.717, 1.165) is 50.9 Å². The van der Waals surface area contributed by atoms with Gasteiger partial charge in [0.25, 0.3) is 0 Å². The van der Waals surface area contributed by atoms with Gasteiger partial charge in [0.1, 0.15) is 6.61 Å². The highest BCUT2D eigenvalue weighted by Crippen LogP contribution is 2.36. The molecule has 0 aromatic carbocycles. The van der Waals surface area contributed by atoms with Gasteiger partial charge in [-0.2, -0.15) is 0 Å². The molecule has 0 aliphatic rings. The van der Waals surface area contributed by atoms with Crippen molar-refractivity contribution >= 4 is 19.8 Å². The van der Waals surface area contributed by atoms with Gasteiger partial charge in [-0.1, -0.05) is 159 Å². The van der Waals surface area contributed by atoms with Crippen molar-refractivity contribution in [2.24, 2.45) is 5.92 Å². The zero-order valence-corrected chi connectivity index (χ0v) is 32.8. The molecule has 4 N–H and O–H groups in total. The number of unbranched alkanes of at least 4 members (excludes halogenated alkanes) is 12. The number of hydrogen-bond acceptors (Lipinski definition) is 8. The Balaban J connectivity index is 4.22. The van der Waals surface area contributed by atoms with Crippen LogP contribution in [0.15, 0.2) is 48.6 Å². The summed E-state index contributed by atoms with van der Waals surface area (Å²) >= 11 is 0. The second kappa shape index (κ2) is 33.7. The lowest BCUT2D eigenvalue weighted by Gasteiger charge is -2.18. The fraction of sp³-hybridized carbons (Fsp3) is 0.750. The number of aliphatic hydroxyl groups excluding tert-OH is 2. The minimum Gasteiger partial charge on any atom is -0.462 e. The Bertz CT molecular complexity index is 1020. The van der Waals surface area contributed by atoms with Crippen LogP contribution in [-0.4, -0.2) is 63.5 Å². The molecule has 0 rings (SSSR count). The lowest BCUT2D eigenvalue weighted by Crippen LogP contribution is -2.29. The van der Waals surface area contributed by atoms with Crippen LogP contribution in [-0.2, 0) is 28.2 Å². The Morgan fingerprint density at radius 3 is 1.65 bits per heavy atom. The van der Waals surface area contributed by atoms with Crippen molar-refractivity contribution in [2.45, 2.75) is 174 Å². The molecule has 0 aliphatic carbocycles. The topological polar surface area (TPSA) is 160 Å². The lowest BCUT2D eigenvalue weighted by molar-refractivity contribution is -0.161. The fourth-order valence-electron chi connectivity index (χ4n) is 5.24. The first-order valence-electron chi connectivity index (χ1n) is 19.5. The fourth-order valence-corrected chi connectivity index (χ4v) is 5.60. The van der Waals surface area contributed by atoms with E-state index in [9.17, 15) is 24.4 Å². The third-order valence-electron chi connectivity index (χ3n) is 8.24. The predicted octanol–water partition coefficient (Wildman–Crippen LogP) is 9.37. The first-order chi connectivity index (χ1) is 24.4. The van der Waals surface area contributed by atoms with Crippen LogP contribution in [0.3, 0.4) is 0 Å². The third-order valence-corrected chi connectivity index (χ3v) is 8.72. The smallest absolute Gasteiger partial charge is 0.462 e. The van der Waals surface area contributed by atoms with Gasteiger partial charge < -0.3 is 29.5 Å². The van der Waals surface area contributed by atoms with Crippen molar-refractivity contribution in [3.8, 4) is 0 Å². The number of carbonyl (C=O) groups is 2. The Hall–Kier alpha value is -2.07. The number of carbonyl (C=O) groups excluding carboxylic acids is 2. The van der Waals surface area contributed by atoms with E-state index in [-0.39, 0.29) is 19.4 Å². The normalized spacial score (nSPS) is 14.4. The van der Waals surface area contributed by atoms with Crippen LogP contribution in [0.2, 0.25) is 0 Å². The molecule has 3 atom stereocenters. The lowest BCUT2D eigenvalue weighted by atomic mass is 10.0. The van der Waals surface area contributed by atoms with Crippen LogP contribution >= 0.6 is 7.82 Å². The monoisotopic (exact) mass is 742 g/mol. The average Bonchev–Trinajstić information content (AvgIpc) is 3.06. The summed E-state index contributed by atoms with van der Waals surface area (Å²) in [6, 6.07) is 0. The maximum absolute atomic E-state index is 12.4. The van der Waals surface area contributed by atoms with Crippen LogP contribution in [0.1, 0.15) is 156 Å². The van der Waals surface area contributed by atoms with Crippen LogP contribution in [0, 0.1) is 5.92 Å². The summed E-state index contributed by atoms with van der Waals surface area (Å²) in [6.07, 6.45) is 32.0. The minimum absolute atomic E-state index is 0.0367. The van der Waals surface area contributed by atoms with E-state index in [4.69, 9.17) is 19.3 Å². The van der Waals surface area contributed by atoms with Crippen molar-refractivity contribution in [2.75, 3.05) is 13.2 Å². The highest BCUT2D eigenvalue weighted by molar-refractivity contribution is 7.46. The number of esters is 2. The Kier molecular flexibility index (Phi) is 32.4. The third kappa shape index (κ3) is 37.5. The van der Waals surface area contributed by atoms with E-state index in [1.54, 1.807) is 18.2 Å². The Morgan fingerprint density at radius 1 is 0.627 bits per heavy atom. The largest absolute Gasteiger partial charge is 0.469 e. The standard InChI is InChI=1S/C40H71O10P/c1-4-5-20-27-36(41)28-22-17-13-11-14-18-23-29-37(42)30-25-32-40(44)50-38(34-49-51(45,46)47)33-48-39(43)31-24-19-15-10-8-6-7-9-12-16-21-26-35(2)3/h13-14,17-18,22-23,28-29,35-38,41-42H,4-12,15-16,19-21,24-27,30-34H2,1-3H3,(H2,45,46,47)/b17-13-,18-14-,28-22+,29-23+/t36-,37-,38-/m1/s1. The molecule has 0 bridgehead atoms. The van der Waals surface area contributed by atoms with Crippen molar-refractivity contribution in [1.29, 1.82) is 0 Å². The highest BCUT2D eigenvalue weighted by Gasteiger charge is 2.23. The van der Waals surface area contributed by atoms with Crippen LogP contribution in [0.5, 0.6) is 0 Å². The zero-order chi connectivity index (χ0) is 38.0. The number of allylic oxidation sites excluding steroid dienone is 6. The molecule has 0 saturated heterocycles.